The molecule has 0 saturated heterocycles. The molecule has 0 spiro atoms. The second kappa shape index (κ2) is 5.82. The summed E-state index contributed by atoms with van der Waals surface area (Å²) in [6.45, 7) is 2.05. The van der Waals surface area contributed by atoms with Gasteiger partial charge in [-0.2, -0.15) is 0 Å². The van der Waals surface area contributed by atoms with Gasteiger partial charge in [-0.25, -0.2) is 4.98 Å². The van der Waals surface area contributed by atoms with Crippen LogP contribution in [0, 0.1) is 0 Å². The first-order valence-corrected chi connectivity index (χ1v) is 6.89. The average molecular weight is 264 g/mol. The molecular weight excluding hydrogens is 248 g/mol. The third-order valence-electron chi connectivity index (χ3n) is 2.78. The van der Waals surface area contributed by atoms with Crippen LogP contribution in [0.25, 0.3) is 10.1 Å². The van der Waals surface area contributed by atoms with Crippen LogP contribution >= 0.6 is 11.3 Å². The SMILES string of the molecule is CCCC(CC(=O)O)Nc1nccc2sccc12. The van der Waals surface area contributed by atoms with Gasteiger partial charge in [0.25, 0.3) is 0 Å². The highest BCUT2D eigenvalue weighted by atomic mass is 32.1. The molecule has 0 aromatic carbocycles. The smallest absolute Gasteiger partial charge is 0.305 e. The first-order valence-electron chi connectivity index (χ1n) is 6.01. The molecular formula is C13H16N2O2S. The van der Waals surface area contributed by atoms with Crippen molar-refractivity contribution in [1.29, 1.82) is 0 Å². The number of thiophene rings is 1. The topological polar surface area (TPSA) is 62.2 Å². The van der Waals surface area contributed by atoms with Gasteiger partial charge < -0.3 is 10.4 Å². The number of hydrogen-bond donors (Lipinski definition) is 2. The Bertz CT molecular complexity index is 539. The van der Waals surface area contributed by atoms with E-state index in [1.165, 1.54) is 0 Å². The lowest BCUT2D eigenvalue weighted by molar-refractivity contribution is -0.137. The largest absolute Gasteiger partial charge is 0.481 e. The molecule has 2 N–H and O–H groups in total. The van der Waals surface area contributed by atoms with Crippen molar-refractivity contribution < 1.29 is 9.90 Å². The quantitative estimate of drug-likeness (QED) is 0.840. The monoisotopic (exact) mass is 264 g/mol. The van der Waals surface area contributed by atoms with Crippen molar-refractivity contribution in [3.63, 3.8) is 0 Å². The van der Waals surface area contributed by atoms with E-state index >= 15 is 0 Å². The van der Waals surface area contributed by atoms with E-state index in [1.807, 2.05) is 17.5 Å². The zero-order valence-corrected chi connectivity index (χ0v) is 11.0. The summed E-state index contributed by atoms with van der Waals surface area (Å²) in [6.07, 6.45) is 3.65. The van der Waals surface area contributed by atoms with Crippen LogP contribution in [0.5, 0.6) is 0 Å². The number of anilines is 1. The average Bonchev–Trinajstić information content (AvgIpc) is 2.77. The zero-order chi connectivity index (χ0) is 13.0. The molecule has 2 aromatic rings. The summed E-state index contributed by atoms with van der Waals surface area (Å²) in [6, 6.07) is 3.92. The van der Waals surface area contributed by atoms with E-state index in [1.54, 1.807) is 17.5 Å². The molecule has 0 aliphatic rings. The number of nitrogens with one attached hydrogen (secondary N) is 1. The summed E-state index contributed by atoms with van der Waals surface area (Å²) in [7, 11) is 0. The van der Waals surface area contributed by atoms with Gasteiger partial charge in [0.1, 0.15) is 5.82 Å². The van der Waals surface area contributed by atoms with Gasteiger partial charge in [-0.1, -0.05) is 13.3 Å². The third kappa shape index (κ3) is 2.98. The molecule has 0 radical (unpaired) electrons. The van der Waals surface area contributed by atoms with Crippen LogP contribution in [0.15, 0.2) is 23.7 Å². The third-order valence-corrected chi connectivity index (χ3v) is 3.66. The molecule has 2 aromatic heterocycles. The number of hydrogen-bond acceptors (Lipinski definition) is 4. The molecule has 0 aliphatic carbocycles. The number of aliphatic carboxylic acids is 1. The van der Waals surface area contributed by atoms with Crippen LogP contribution < -0.4 is 5.32 Å². The van der Waals surface area contributed by atoms with Gasteiger partial charge >= 0.3 is 5.97 Å². The Labute approximate surface area is 110 Å². The summed E-state index contributed by atoms with van der Waals surface area (Å²) in [5, 5.41) is 15.2. The van der Waals surface area contributed by atoms with E-state index in [2.05, 4.69) is 17.2 Å². The summed E-state index contributed by atoms with van der Waals surface area (Å²) < 4.78 is 1.16. The Morgan fingerprint density at radius 2 is 2.39 bits per heavy atom. The highest BCUT2D eigenvalue weighted by molar-refractivity contribution is 7.17. The molecule has 4 nitrogen and oxygen atoms in total. The van der Waals surface area contributed by atoms with Gasteiger partial charge in [0, 0.05) is 22.3 Å². The number of carboxylic acids is 1. The maximum Gasteiger partial charge on any atom is 0.305 e. The van der Waals surface area contributed by atoms with E-state index in [4.69, 9.17) is 5.11 Å². The normalized spacial score (nSPS) is 12.5. The lowest BCUT2D eigenvalue weighted by atomic mass is 10.1. The van der Waals surface area contributed by atoms with Crippen molar-refractivity contribution in [3.05, 3.63) is 23.7 Å². The molecule has 0 fully saturated rings. The summed E-state index contributed by atoms with van der Waals surface area (Å²) in [5.74, 6) is 0.00638. The predicted octanol–water partition coefficient (Wildman–Crippen LogP) is 3.35. The summed E-state index contributed by atoms with van der Waals surface area (Å²) in [4.78, 5) is 15.1. The minimum atomic E-state index is -0.779. The number of aromatic nitrogens is 1. The lowest BCUT2D eigenvalue weighted by Gasteiger charge is -2.17. The predicted molar refractivity (Wildman–Crippen MR) is 74.2 cm³/mol. The second-order valence-electron chi connectivity index (χ2n) is 4.22. The fourth-order valence-corrected chi connectivity index (χ4v) is 2.77. The van der Waals surface area contributed by atoms with Crippen molar-refractivity contribution in [2.24, 2.45) is 0 Å². The molecule has 18 heavy (non-hydrogen) atoms. The molecule has 2 heterocycles. The lowest BCUT2D eigenvalue weighted by Crippen LogP contribution is -2.23. The number of fused-ring (bicyclic) bond motifs is 1. The molecule has 2 rings (SSSR count). The van der Waals surface area contributed by atoms with Gasteiger partial charge in [-0.15, -0.1) is 11.3 Å². The van der Waals surface area contributed by atoms with Crippen molar-refractivity contribution in [2.45, 2.75) is 32.2 Å². The molecule has 0 saturated carbocycles. The second-order valence-corrected chi connectivity index (χ2v) is 5.17. The Balaban J connectivity index is 2.19. The Hall–Kier alpha value is -1.62. The highest BCUT2D eigenvalue weighted by Gasteiger charge is 2.14. The van der Waals surface area contributed by atoms with Crippen LogP contribution in [0.1, 0.15) is 26.2 Å². The van der Waals surface area contributed by atoms with Gasteiger partial charge in [-0.3, -0.25) is 4.79 Å². The molecule has 1 unspecified atom stereocenters. The maximum absolute atomic E-state index is 10.8. The number of pyridine rings is 1. The van der Waals surface area contributed by atoms with Crippen LogP contribution in [0.2, 0.25) is 0 Å². The van der Waals surface area contributed by atoms with Gasteiger partial charge in [0.05, 0.1) is 6.42 Å². The van der Waals surface area contributed by atoms with Crippen LogP contribution in [0.4, 0.5) is 5.82 Å². The fraction of sp³-hybridized carbons (Fsp3) is 0.385. The van der Waals surface area contributed by atoms with Crippen molar-refractivity contribution in [1.82, 2.24) is 4.98 Å². The number of carbonyl (C=O) groups is 1. The minimum Gasteiger partial charge on any atom is -0.481 e. The molecule has 0 amide bonds. The van der Waals surface area contributed by atoms with E-state index in [-0.39, 0.29) is 12.5 Å². The van der Waals surface area contributed by atoms with E-state index in [0.717, 1.165) is 28.7 Å². The van der Waals surface area contributed by atoms with Crippen LogP contribution in [-0.2, 0) is 4.79 Å². The van der Waals surface area contributed by atoms with Crippen molar-refractivity contribution in [3.8, 4) is 0 Å². The molecule has 5 heteroatoms. The number of rotatable bonds is 6. The fourth-order valence-electron chi connectivity index (χ4n) is 1.99. The summed E-state index contributed by atoms with van der Waals surface area (Å²) in [5.41, 5.74) is 0. The van der Waals surface area contributed by atoms with E-state index < -0.39 is 5.97 Å². The van der Waals surface area contributed by atoms with Gasteiger partial charge in [0.2, 0.25) is 0 Å². The highest BCUT2D eigenvalue weighted by Crippen LogP contribution is 2.26. The van der Waals surface area contributed by atoms with Crippen LogP contribution in [-0.4, -0.2) is 22.1 Å². The summed E-state index contributed by atoms with van der Waals surface area (Å²) >= 11 is 1.66. The Kier molecular flexibility index (Phi) is 4.15. The molecule has 0 bridgehead atoms. The van der Waals surface area contributed by atoms with Crippen molar-refractivity contribution >= 4 is 33.2 Å². The zero-order valence-electron chi connectivity index (χ0n) is 10.2. The van der Waals surface area contributed by atoms with Crippen LogP contribution in [0.3, 0.4) is 0 Å². The molecule has 96 valence electrons. The minimum absolute atomic E-state index is 0.0644. The number of carboxylic acid groups (broad SMARTS) is 1. The Morgan fingerprint density at radius 1 is 1.56 bits per heavy atom. The van der Waals surface area contributed by atoms with E-state index in [9.17, 15) is 4.79 Å². The molecule has 0 aliphatic heterocycles. The maximum atomic E-state index is 10.8. The first kappa shape index (κ1) is 12.8. The van der Waals surface area contributed by atoms with E-state index in [0.29, 0.717) is 0 Å². The van der Waals surface area contributed by atoms with Gasteiger partial charge in [-0.05, 0) is 23.9 Å². The molecule has 1 atom stereocenters. The Morgan fingerprint density at radius 3 is 3.11 bits per heavy atom. The first-order chi connectivity index (χ1) is 8.70. The standard InChI is InChI=1S/C13H16N2O2S/c1-2-3-9(8-12(16)17)15-13-10-5-7-18-11(10)4-6-14-13/h4-7,9H,2-3,8H2,1H3,(H,14,15)(H,16,17). The number of nitrogens with zero attached hydrogens (tertiary/aromatic N) is 1. The van der Waals surface area contributed by atoms with Gasteiger partial charge in [0.15, 0.2) is 0 Å². The van der Waals surface area contributed by atoms with Crippen molar-refractivity contribution in [2.75, 3.05) is 5.32 Å².